The van der Waals surface area contributed by atoms with Gasteiger partial charge in [0.1, 0.15) is 22.7 Å². The van der Waals surface area contributed by atoms with Crippen molar-refractivity contribution in [2.24, 2.45) is 0 Å². The number of hydrogen-bond donors (Lipinski definition) is 0. The number of aromatic nitrogens is 1. The Morgan fingerprint density at radius 1 is 0.889 bits per heavy atom. The molecule has 0 aliphatic rings. The predicted molar refractivity (Wildman–Crippen MR) is 135 cm³/mol. The Hall–Kier alpha value is -4.65. The van der Waals surface area contributed by atoms with Gasteiger partial charge >= 0.3 is 11.6 Å². The molecule has 180 valence electrons. The second kappa shape index (κ2) is 9.92. The Morgan fingerprint density at radius 3 is 2.36 bits per heavy atom. The van der Waals surface area contributed by atoms with E-state index in [2.05, 4.69) is 34.0 Å². The summed E-state index contributed by atoms with van der Waals surface area (Å²) in [6, 6.07) is 24.8. The van der Waals surface area contributed by atoms with Gasteiger partial charge in [-0.2, -0.15) is 0 Å². The van der Waals surface area contributed by atoms with Crippen LogP contribution in [0.15, 0.2) is 92.5 Å². The van der Waals surface area contributed by atoms with E-state index in [1.54, 1.807) is 18.2 Å². The quantitative estimate of drug-likeness (QED) is 0.213. The molecule has 0 fully saturated rings. The number of nitrogens with zero attached hydrogens (tertiary/aromatic N) is 1. The maximum absolute atomic E-state index is 12.1. The molecule has 0 N–H and O–H groups in total. The Labute approximate surface area is 206 Å². The molecule has 0 unspecified atom stereocenters. The first kappa shape index (κ1) is 23.1. The van der Waals surface area contributed by atoms with Crippen molar-refractivity contribution in [3.05, 3.63) is 106 Å². The summed E-state index contributed by atoms with van der Waals surface area (Å²) < 4.78 is 21.6. The van der Waals surface area contributed by atoms with Gasteiger partial charge in [-0.05, 0) is 48.4 Å². The van der Waals surface area contributed by atoms with E-state index in [0.29, 0.717) is 35.6 Å². The highest BCUT2D eigenvalue weighted by Gasteiger charge is 2.15. The van der Waals surface area contributed by atoms with Crippen molar-refractivity contribution in [3.63, 3.8) is 0 Å². The molecule has 5 rings (SSSR count). The average Bonchev–Trinajstić information content (AvgIpc) is 3.28. The van der Waals surface area contributed by atoms with Crippen LogP contribution in [0.1, 0.15) is 21.8 Å². The lowest BCUT2D eigenvalue weighted by atomic mass is 10.0. The molecule has 5 aromatic rings. The third kappa shape index (κ3) is 4.77. The first-order chi connectivity index (χ1) is 17.5. The van der Waals surface area contributed by atoms with Gasteiger partial charge in [-0.3, -0.25) is 0 Å². The molecule has 0 aliphatic carbocycles. The molecule has 0 saturated heterocycles. The Balaban J connectivity index is 1.25. The Morgan fingerprint density at radius 2 is 1.61 bits per heavy atom. The molecule has 0 bridgehead atoms. The molecule has 0 amide bonds. The van der Waals surface area contributed by atoms with Gasteiger partial charge in [0.2, 0.25) is 5.89 Å². The van der Waals surface area contributed by atoms with Crippen LogP contribution in [0.3, 0.4) is 0 Å². The van der Waals surface area contributed by atoms with Crippen molar-refractivity contribution in [1.82, 2.24) is 4.98 Å². The van der Waals surface area contributed by atoms with Crippen LogP contribution in [0.4, 0.5) is 0 Å². The molecular formula is C29H23NO6. The number of methoxy groups -OCH3 is 1. The monoisotopic (exact) mass is 481 g/mol. The first-order valence-electron chi connectivity index (χ1n) is 11.4. The van der Waals surface area contributed by atoms with E-state index in [4.69, 9.17) is 13.6 Å². The lowest BCUT2D eigenvalue weighted by Gasteiger charge is -2.06. The number of carbonyl (C=O) groups is 1. The zero-order valence-electron chi connectivity index (χ0n) is 19.8. The van der Waals surface area contributed by atoms with Gasteiger partial charge in [0.05, 0.1) is 19.4 Å². The second-order valence-electron chi connectivity index (χ2n) is 8.20. The van der Waals surface area contributed by atoms with Gasteiger partial charge in [0.15, 0.2) is 0 Å². The van der Waals surface area contributed by atoms with Crippen molar-refractivity contribution in [2.75, 3.05) is 13.7 Å². The SMILES string of the molecule is COC(=O)c1cc2ccc(OCCc3nc(-c4ccc(-c5ccccc5)cc4)oc3C)cc2oc1=O. The molecule has 0 atom stereocenters. The highest BCUT2D eigenvalue weighted by Crippen LogP contribution is 2.26. The van der Waals surface area contributed by atoms with Crippen molar-refractivity contribution >= 4 is 16.9 Å². The fraction of sp³-hybridized carbons (Fsp3) is 0.138. The van der Waals surface area contributed by atoms with Gasteiger partial charge in [-0.1, -0.05) is 42.5 Å². The van der Waals surface area contributed by atoms with Crippen LogP contribution in [0, 0.1) is 6.92 Å². The minimum atomic E-state index is -0.756. The molecule has 0 aliphatic heterocycles. The van der Waals surface area contributed by atoms with E-state index in [0.717, 1.165) is 28.1 Å². The molecule has 36 heavy (non-hydrogen) atoms. The fourth-order valence-corrected chi connectivity index (χ4v) is 3.92. The largest absolute Gasteiger partial charge is 0.493 e. The number of benzene rings is 3. The van der Waals surface area contributed by atoms with Crippen molar-refractivity contribution in [3.8, 4) is 28.3 Å². The van der Waals surface area contributed by atoms with E-state index in [-0.39, 0.29) is 5.56 Å². The van der Waals surface area contributed by atoms with E-state index in [9.17, 15) is 9.59 Å². The number of hydrogen-bond acceptors (Lipinski definition) is 7. The molecule has 0 saturated carbocycles. The Kier molecular flexibility index (Phi) is 6.36. The lowest BCUT2D eigenvalue weighted by Crippen LogP contribution is -2.14. The van der Waals surface area contributed by atoms with E-state index < -0.39 is 11.6 Å². The van der Waals surface area contributed by atoms with Crippen LogP contribution >= 0.6 is 0 Å². The Bertz CT molecular complexity index is 1580. The van der Waals surface area contributed by atoms with Gasteiger partial charge in [0, 0.05) is 23.4 Å². The van der Waals surface area contributed by atoms with Crippen LogP contribution in [0.25, 0.3) is 33.6 Å². The smallest absolute Gasteiger partial charge is 0.351 e. The third-order valence-corrected chi connectivity index (χ3v) is 5.85. The fourth-order valence-electron chi connectivity index (χ4n) is 3.92. The summed E-state index contributed by atoms with van der Waals surface area (Å²) in [6.45, 7) is 2.24. The van der Waals surface area contributed by atoms with E-state index in [1.165, 1.54) is 13.2 Å². The third-order valence-electron chi connectivity index (χ3n) is 5.85. The van der Waals surface area contributed by atoms with Crippen LogP contribution in [0.2, 0.25) is 0 Å². The molecule has 3 aromatic carbocycles. The minimum absolute atomic E-state index is 0.148. The van der Waals surface area contributed by atoms with Crippen LogP contribution in [-0.4, -0.2) is 24.7 Å². The first-order valence-corrected chi connectivity index (χ1v) is 11.4. The van der Waals surface area contributed by atoms with E-state index >= 15 is 0 Å². The topological polar surface area (TPSA) is 91.8 Å². The number of aryl methyl sites for hydroxylation is 1. The summed E-state index contributed by atoms with van der Waals surface area (Å²) in [5.74, 6) is 1.10. The van der Waals surface area contributed by atoms with Crippen molar-refractivity contribution < 1.29 is 23.1 Å². The zero-order valence-corrected chi connectivity index (χ0v) is 19.8. The molecular weight excluding hydrogens is 458 g/mol. The summed E-state index contributed by atoms with van der Waals surface area (Å²) in [7, 11) is 1.21. The number of fused-ring (bicyclic) bond motifs is 1. The highest BCUT2D eigenvalue weighted by molar-refractivity contribution is 5.92. The summed E-state index contributed by atoms with van der Waals surface area (Å²) in [6.07, 6.45) is 0.542. The molecule has 7 nitrogen and oxygen atoms in total. The van der Waals surface area contributed by atoms with Gasteiger partial charge in [-0.25, -0.2) is 14.6 Å². The average molecular weight is 482 g/mol. The highest BCUT2D eigenvalue weighted by atomic mass is 16.5. The van der Waals surface area contributed by atoms with Crippen molar-refractivity contribution in [1.29, 1.82) is 0 Å². The number of carbonyl (C=O) groups excluding carboxylic acids is 1. The predicted octanol–water partition coefficient (Wildman–Crippen LogP) is 5.83. The van der Waals surface area contributed by atoms with Crippen LogP contribution in [-0.2, 0) is 11.2 Å². The van der Waals surface area contributed by atoms with Gasteiger partial charge < -0.3 is 18.3 Å². The molecule has 2 aromatic heterocycles. The molecule has 0 radical (unpaired) electrons. The summed E-state index contributed by atoms with van der Waals surface area (Å²) in [5.41, 5.74) is 3.42. The molecule has 2 heterocycles. The normalized spacial score (nSPS) is 10.9. The number of esters is 1. The maximum Gasteiger partial charge on any atom is 0.351 e. The maximum atomic E-state index is 12.1. The summed E-state index contributed by atoms with van der Waals surface area (Å²) in [4.78, 5) is 28.4. The van der Waals surface area contributed by atoms with E-state index in [1.807, 2.05) is 37.3 Å². The van der Waals surface area contributed by atoms with Crippen LogP contribution < -0.4 is 10.4 Å². The lowest BCUT2D eigenvalue weighted by molar-refractivity contribution is 0.0596. The van der Waals surface area contributed by atoms with Crippen molar-refractivity contribution in [2.45, 2.75) is 13.3 Å². The number of rotatable bonds is 7. The number of oxazole rings is 1. The summed E-state index contributed by atoms with van der Waals surface area (Å²) in [5, 5.41) is 0.595. The van der Waals surface area contributed by atoms with Crippen LogP contribution in [0.5, 0.6) is 5.75 Å². The van der Waals surface area contributed by atoms with Gasteiger partial charge in [-0.15, -0.1) is 0 Å². The summed E-state index contributed by atoms with van der Waals surface area (Å²) >= 11 is 0. The molecule has 0 spiro atoms. The standard InChI is InChI=1S/C29H23NO6/c1-18-25(30-27(35-18)21-10-8-20(9-11-21)19-6-4-3-5-7-19)14-15-34-23-13-12-22-16-24(28(31)33-2)29(32)36-26(22)17-23/h3-13,16-17H,14-15H2,1-2H3. The molecule has 7 heteroatoms. The minimum Gasteiger partial charge on any atom is -0.493 e. The van der Waals surface area contributed by atoms with Gasteiger partial charge in [0.25, 0.3) is 0 Å². The zero-order chi connectivity index (χ0) is 25.1. The number of ether oxygens (including phenoxy) is 2. The second-order valence-corrected chi connectivity index (χ2v) is 8.20.